The zero-order valence-electron chi connectivity index (χ0n) is 20.6. The molecule has 1 unspecified atom stereocenters. The molecule has 2 aromatic heterocycles. The molecule has 2 heterocycles. The molecule has 6 N–H and O–H groups in total. The third-order valence-corrected chi connectivity index (χ3v) is 5.81. The smallest absolute Gasteiger partial charge is 0.309 e. The van der Waals surface area contributed by atoms with Crippen LogP contribution in [0.25, 0.3) is 11.2 Å². The lowest BCUT2D eigenvalue weighted by molar-refractivity contribution is -0.147. The van der Waals surface area contributed by atoms with Gasteiger partial charge in [0.2, 0.25) is 5.95 Å². The summed E-state index contributed by atoms with van der Waals surface area (Å²) < 4.78 is 0. The topological polar surface area (TPSA) is 190 Å². The number of carboxylic acid groups (broad SMARTS) is 1. The molecular weight excluding hydrogens is 464 g/mol. The number of fused-ring (bicyclic) bond motifs is 1. The van der Waals surface area contributed by atoms with E-state index in [4.69, 9.17) is 11.5 Å². The van der Waals surface area contributed by atoms with Crippen molar-refractivity contribution in [2.75, 3.05) is 23.4 Å². The number of amides is 1. The van der Waals surface area contributed by atoms with Gasteiger partial charge in [0, 0.05) is 24.7 Å². The summed E-state index contributed by atoms with van der Waals surface area (Å²) in [5, 5.41) is 12.1. The Bertz CT molecular complexity index is 1290. The van der Waals surface area contributed by atoms with Crippen LogP contribution in [0.3, 0.4) is 0 Å². The monoisotopic (exact) mass is 494 g/mol. The van der Waals surface area contributed by atoms with Crippen LogP contribution in [0.5, 0.6) is 0 Å². The van der Waals surface area contributed by atoms with Crippen molar-refractivity contribution < 1.29 is 19.5 Å². The number of Topliss-reactive ketones (excluding diaryl/α,β-unsaturated/α-hetero) is 1. The lowest BCUT2D eigenvalue weighted by atomic mass is 9.84. The quantitative estimate of drug-likeness (QED) is 0.321. The van der Waals surface area contributed by atoms with Crippen LogP contribution in [0, 0.1) is 5.41 Å². The highest BCUT2D eigenvalue weighted by Gasteiger charge is 2.34. The predicted octanol–water partition coefficient (Wildman–Crippen LogP) is 1.80. The van der Waals surface area contributed by atoms with E-state index in [2.05, 4.69) is 25.3 Å². The molecule has 1 atom stereocenters. The van der Waals surface area contributed by atoms with Gasteiger partial charge in [0.15, 0.2) is 22.8 Å². The van der Waals surface area contributed by atoms with Gasteiger partial charge in [-0.3, -0.25) is 14.4 Å². The first-order chi connectivity index (χ1) is 16.9. The minimum absolute atomic E-state index is 0.00346. The minimum atomic E-state index is -1.16. The summed E-state index contributed by atoms with van der Waals surface area (Å²) in [7, 11) is 1.85. The van der Waals surface area contributed by atoms with E-state index in [9.17, 15) is 19.5 Å². The molecule has 0 aliphatic carbocycles. The number of ketones is 1. The Balaban J connectivity index is 1.71. The number of carbonyl (C=O) groups is 3. The van der Waals surface area contributed by atoms with E-state index in [0.29, 0.717) is 29.0 Å². The number of nitrogens with zero attached hydrogens (tertiary/aromatic N) is 5. The summed E-state index contributed by atoms with van der Waals surface area (Å²) in [4.78, 5) is 55.2. The van der Waals surface area contributed by atoms with Crippen molar-refractivity contribution >= 4 is 46.3 Å². The summed E-state index contributed by atoms with van der Waals surface area (Å²) in [5.74, 6) is -1.53. The van der Waals surface area contributed by atoms with Gasteiger partial charge in [-0.05, 0) is 44.5 Å². The minimum Gasteiger partial charge on any atom is -0.481 e. The number of hydrogen-bond donors (Lipinski definition) is 4. The van der Waals surface area contributed by atoms with Crippen LogP contribution in [0.1, 0.15) is 49.7 Å². The number of aliphatic carboxylic acids is 1. The molecule has 0 fully saturated rings. The van der Waals surface area contributed by atoms with Crippen molar-refractivity contribution in [1.29, 1.82) is 0 Å². The van der Waals surface area contributed by atoms with Crippen LogP contribution >= 0.6 is 0 Å². The Morgan fingerprint density at radius 1 is 1.11 bits per heavy atom. The Labute approximate surface area is 208 Å². The molecular formula is C24H30N8O4. The summed E-state index contributed by atoms with van der Waals surface area (Å²) in [6.45, 7) is 5.13. The predicted molar refractivity (Wildman–Crippen MR) is 135 cm³/mol. The molecule has 190 valence electrons. The molecule has 0 radical (unpaired) electrons. The van der Waals surface area contributed by atoms with Gasteiger partial charge in [0.1, 0.15) is 0 Å². The summed E-state index contributed by atoms with van der Waals surface area (Å²) in [6.07, 6.45) is 1.76. The molecule has 0 saturated heterocycles. The number of nitrogens with one attached hydrogen (secondary N) is 1. The molecule has 0 aliphatic heterocycles. The Morgan fingerprint density at radius 3 is 2.39 bits per heavy atom. The maximum Gasteiger partial charge on any atom is 0.309 e. The van der Waals surface area contributed by atoms with Crippen molar-refractivity contribution in [3.8, 4) is 0 Å². The second-order valence-corrected chi connectivity index (χ2v) is 9.14. The van der Waals surface area contributed by atoms with Crippen LogP contribution in [0.2, 0.25) is 0 Å². The number of carboxylic acids is 1. The SMILES string of the molecule is CCC(=O)C(CC(C)(C)C(=O)O)NC(=O)c1ccc(N(C)Cc2cnc3nc(N)nc(N)c3n2)cc1. The molecule has 0 aliphatic rings. The van der Waals surface area contributed by atoms with E-state index in [-0.39, 0.29) is 30.4 Å². The number of aromatic nitrogens is 4. The summed E-state index contributed by atoms with van der Waals surface area (Å²) >= 11 is 0. The second kappa shape index (κ2) is 10.5. The van der Waals surface area contributed by atoms with Crippen molar-refractivity contribution in [2.24, 2.45) is 5.41 Å². The summed E-state index contributed by atoms with van der Waals surface area (Å²) in [5.41, 5.74) is 12.8. The molecule has 1 amide bonds. The van der Waals surface area contributed by atoms with E-state index in [1.807, 2.05) is 11.9 Å². The fourth-order valence-electron chi connectivity index (χ4n) is 3.59. The van der Waals surface area contributed by atoms with E-state index in [1.165, 1.54) is 13.8 Å². The first kappa shape index (κ1) is 26.3. The van der Waals surface area contributed by atoms with Gasteiger partial charge in [0.25, 0.3) is 5.91 Å². The van der Waals surface area contributed by atoms with Crippen molar-refractivity contribution in [2.45, 2.75) is 46.2 Å². The molecule has 36 heavy (non-hydrogen) atoms. The lowest BCUT2D eigenvalue weighted by Gasteiger charge is -2.26. The highest BCUT2D eigenvalue weighted by molar-refractivity contribution is 5.98. The number of nitrogens with two attached hydrogens (primary N) is 2. The average molecular weight is 495 g/mol. The zero-order valence-corrected chi connectivity index (χ0v) is 20.6. The standard InChI is InChI=1S/C24H30N8O4/c1-5-17(33)16(10-24(2,3)22(35)36)29-21(34)13-6-8-15(9-7-13)32(4)12-14-11-27-20-18(28-14)19(25)30-23(26)31-20/h6-9,11,16H,5,10,12H2,1-4H3,(H,29,34)(H,35,36)(H4,25,26,27,30,31). The maximum absolute atomic E-state index is 12.8. The number of carbonyl (C=O) groups excluding carboxylic acids is 2. The molecule has 0 saturated carbocycles. The van der Waals surface area contributed by atoms with Gasteiger partial charge in [0.05, 0.1) is 29.9 Å². The van der Waals surface area contributed by atoms with Crippen LogP contribution < -0.4 is 21.7 Å². The number of hydrogen-bond acceptors (Lipinski definition) is 10. The highest BCUT2D eigenvalue weighted by Crippen LogP contribution is 2.24. The average Bonchev–Trinajstić information content (AvgIpc) is 2.83. The normalized spacial score (nSPS) is 12.2. The molecule has 0 spiro atoms. The van der Waals surface area contributed by atoms with E-state index in [0.717, 1.165) is 5.69 Å². The van der Waals surface area contributed by atoms with Gasteiger partial charge in [-0.1, -0.05) is 6.92 Å². The summed E-state index contributed by atoms with van der Waals surface area (Å²) in [6, 6.07) is 5.91. The molecule has 12 heteroatoms. The third-order valence-electron chi connectivity index (χ3n) is 5.81. The van der Waals surface area contributed by atoms with Crippen LogP contribution in [-0.2, 0) is 16.1 Å². The Morgan fingerprint density at radius 2 is 1.78 bits per heavy atom. The van der Waals surface area contributed by atoms with E-state index >= 15 is 0 Å². The Hall–Kier alpha value is -4.35. The largest absolute Gasteiger partial charge is 0.481 e. The maximum atomic E-state index is 12.8. The fourth-order valence-corrected chi connectivity index (χ4v) is 3.59. The van der Waals surface area contributed by atoms with Crippen molar-refractivity contribution in [1.82, 2.24) is 25.3 Å². The van der Waals surface area contributed by atoms with Crippen LogP contribution in [0.4, 0.5) is 17.5 Å². The van der Waals surface area contributed by atoms with Crippen LogP contribution in [0.15, 0.2) is 30.5 Å². The second-order valence-electron chi connectivity index (χ2n) is 9.14. The molecule has 3 aromatic rings. The van der Waals surface area contributed by atoms with Crippen molar-refractivity contribution in [3.05, 3.63) is 41.7 Å². The van der Waals surface area contributed by atoms with Gasteiger partial charge >= 0.3 is 5.97 Å². The first-order valence-corrected chi connectivity index (χ1v) is 11.3. The number of rotatable bonds is 10. The lowest BCUT2D eigenvalue weighted by Crippen LogP contribution is -2.45. The number of benzene rings is 1. The van der Waals surface area contributed by atoms with E-state index in [1.54, 1.807) is 37.4 Å². The van der Waals surface area contributed by atoms with Gasteiger partial charge < -0.3 is 26.8 Å². The van der Waals surface area contributed by atoms with Gasteiger partial charge in [-0.2, -0.15) is 9.97 Å². The van der Waals surface area contributed by atoms with Gasteiger partial charge in [-0.15, -0.1) is 0 Å². The van der Waals surface area contributed by atoms with Gasteiger partial charge in [-0.25, -0.2) is 9.97 Å². The molecule has 1 aromatic carbocycles. The van der Waals surface area contributed by atoms with E-state index < -0.39 is 23.3 Å². The Kier molecular flexibility index (Phi) is 7.66. The highest BCUT2D eigenvalue weighted by atomic mass is 16.4. The first-order valence-electron chi connectivity index (χ1n) is 11.3. The molecule has 12 nitrogen and oxygen atoms in total. The van der Waals surface area contributed by atoms with Crippen LogP contribution in [-0.4, -0.2) is 55.8 Å². The molecule has 0 bridgehead atoms. The fraction of sp³-hybridized carbons (Fsp3) is 0.375. The zero-order chi connectivity index (χ0) is 26.6. The number of anilines is 3. The van der Waals surface area contributed by atoms with Crippen molar-refractivity contribution in [3.63, 3.8) is 0 Å². The third kappa shape index (κ3) is 6.01. The molecule has 3 rings (SSSR count). The number of nitrogen functional groups attached to an aromatic ring is 2.